The second-order valence-corrected chi connectivity index (χ2v) is 8.02. The van der Waals surface area contributed by atoms with Gasteiger partial charge in [0.1, 0.15) is 18.1 Å². The van der Waals surface area contributed by atoms with Gasteiger partial charge in [0.2, 0.25) is 29.5 Å². The number of nitrogens with zero attached hydrogens (tertiary/aromatic N) is 1. The normalized spacial score (nSPS) is 13.9. The van der Waals surface area contributed by atoms with Gasteiger partial charge in [0, 0.05) is 31.2 Å². The Balaban J connectivity index is 3.00. The molecule has 4 atom stereocenters. The van der Waals surface area contributed by atoms with Crippen molar-refractivity contribution in [2.75, 3.05) is 0 Å². The van der Waals surface area contributed by atoms with Crippen LogP contribution in [-0.2, 0) is 40.0 Å². The van der Waals surface area contributed by atoms with Gasteiger partial charge >= 0.3 is 11.9 Å². The molecule has 4 unspecified atom stereocenters. The lowest BCUT2D eigenvalue weighted by molar-refractivity contribution is -0.143. The minimum absolute atomic E-state index is 0.168. The van der Waals surface area contributed by atoms with E-state index < -0.39 is 72.1 Å². The lowest BCUT2D eigenvalue weighted by Crippen LogP contribution is -2.57. The second-order valence-electron chi connectivity index (χ2n) is 8.02. The minimum atomic E-state index is -1.70. The minimum Gasteiger partial charge on any atom is -0.481 e. The van der Waals surface area contributed by atoms with E-state index in [1.54, 1.807) is 0 Å². The van der Waals surface area contributed by atoms with E-state index in [1.165, 1.54) is 12.5 Å². The Morgan fingerprint density at radius 3 is 1.89 bits per heavy atom. The third-order valence-electron chi connectivity index (χ3n) is 4.96. The van der Waals surface area contributed by atoms with E-state index in [0.29, 0.717) is 5.69 Å². The van der Waals surface area contributed by atoms with E-state index in [2.05, 4.69) is 25.9 Å². The lowest BCUT2D eigenvalue weighted by Gasteiger charge is -2.24. The van der Waals surface area contributed by atoms with Crippen molar-refractivity contribution < 1.29 is 43.8 Å². The number of amides is 5. The lowest BCUT2D eigenvalue weighted by atomic mass is 10.1. The van der Waals surface area contributed by atoms with Crippen LogP contribution in [0.5, 0.6) is 0 Å². The third kappa shape index (κ3) is 11.6. The van der Waals surface area contributed by atoms with Gasteiger partial charge in [0.05, 0.1) is 18.8 Å². The molecule has 0 aromatic carbocycles. The van der Waals surface area contributed by atoms with Crippen molar-refractivity contribution in [3.63, 3.8) is 0 Å². The number of hydrogen-bond acceptors (Lipinski definition) is 9. The van der Waals surface area contributed by atoms with Crippen LogP contribution in [0, 0.1) is 0 Å². The van der Waals surface area contributed by atoms with Gasteiger partial charge in [0.25, 0.3) is 0 Å². The number of aliphatic carboxylic acids is 2. The molecule has 0 aliphatic rings. The van der Waals surface area contributed by atoms with Crippen molar-refractivity contribution in [3.05, 3.63) is 18.2 Å². The molecule has 204 valence electrons. The quantitative estimate of drug-likeness (QED) is 0.0937. The Bertz CT molecular complexity index is 998. The number of carboxylic acids is 2. The summed E-state index contributed by atoms with van der Waals surface area (Å²) in [6, 6.07) is -5.95. The molecule has 1 heterocycles. The Kier molecular flexibility index (Phi) is 12.2. The van der Waals surface area contributed by atoms with Gasteiger partial charge in [-0.3, -0.25) is 28.8 Å². The highest BCUT2D eigenvalue weighted by Gasteiger charge is 2.31. The zero-order valence-corrected chi connectivity index (χ0v) is 19.6. The average molecular weight is 527 g/mol. The zero-order chi connectivity index (χ0) is 28.1. The molecule has 12 N–H and O–H groups in total. The standard InChI is InChI=1S/C20H30N8O9/c21-10(1-3-14(22)29)17(33)27-12(6-16(31)32)19(35)26-11(2-4-15(23)30)18(34)28-13(20(36)37)5-9-7-24-8-25-9/h7-8,10-13H,1-6,21H2,(H2,22,29)(H2,23,30)(H,24,25)(H,26,35)(H,27,33)(H,28,34)(H,31,32)(H,36,37). The van der Waals surface area contributed by atoms with Gasteiger partial charge in [-0.25, -0.2) is 9.78 Å². The number of nitrogens with two attached hydrogens (primary N) is 3. The summed E-state index contributed by atoms with van der Waals surface area (Å²) in [4.78, 5) is 89.4. The van der Waals surface area contributed by atoms with E-state index >= 15 is 0 Å². The van der Waals surface area contributed by atoms with Crippen LogP contribution >= 0.6 is 0 Å². The molecule has 0 saturated heterocycles. The van der Waals surface area contributed by atoms with Crippen LogP contribution in [0.3, 0.4) is 0 Å². The number of aromatic amines is 1. The summed E-state index contributed by atoms with van der Waals surface area (Å²) in [6.45, 7) is 0. The molecule has 0 saturated carbocycles. The van der Waals surface area contributed by atoms with Gasteiger partial charge in [-0.05, 0) is 12.8 Å². The first-order chi connectivity index (χ1) is 17.3. The molecule has 17 nitrogen and oxygen atoms in total. The van der Waals surface area contributed by atoms with Crippen molar-refractivity contribution in [2.24, 2.45) is 17.2 Å². The summed E-state index contributed by atoms with van der Waals surface area (Å²) in [5, 5.41) is 25.2. The monoisotopic (exact) mass is 526 g/mol. The largest absolute Gasteiger partial charge is 0.481 e. The molecular formula is C20H30N8O9. The molecule has 0 radical (unpaired) electrons. The summed E-state index contributed by atoms with van der Waals surface area (Å²) in [7, 11) is 0. The van der Waals surface area contributed by atoms with E-state index in [-0.39, 0.29) is 32.1 Å². The van der Waals surface area contributed by atoms with Crippen LogP contribution in [0.4, 0.5) is 0 Å². The Hall–Kier alpha value is -4.54. The van der Waals surface area contributed by atoms with Crippen LogP contribution in [0.1, 0.15) is 37.8 Å². The van der Waals surface area contributed by atoms with Gasteiger partial charge in [-0.2, -0.15) is 0 Å². The van der Waals surface area contributed by atoms with Crippen molar-refractivity contribution in [3.8, 4) is 0 Å². The van der Waals surface area contributed by atoms with E-state index in [4.69, 9.17) is 22.3 Å². The molecule has 0 fully saturated rings. The Morgan fingerprint density at radius 2 is 1.38 bits per heavy atom. The predicted molar refractivity (Wildman–Crippen MR) is 123 cm³/mol. The Morgan fingerprint density at radius 1 is 0.838 bits per heavy atom. The van der Waals surface area contributed by atoms with Crippen LogP contribution in [0.25, 0.3) is 0 Å². The maximum absolute atomic E-state index is 12.8. The second kappa shape index (κ2) is 14.8. The van der Waals surface area contributed by atoms with Crippen LogP contribution in [0.15, 0.2) is 12.5 Å². The maximum atomic E-state index is 12.8. The zero-order valence-electron chi connectivity index (χ0n) is 19.6. The van der Waals surface area contributed by atoms with Crippen molar-refractivity contribution >= 4 is 41.5 Å². The molecule has 17 heteroatoms. The van der Waals surface area contributed by atoms with Crippen LogP contribution in [-0.4, -0.2) is 85.8 Å². The molecule has 37 heavy (non-hydrogen) atoms. The number of rotatable bonds is 17. The number of hydrogen-bond donors (Lipinski definition) is 9. The third-order valence-corrected chi connectivity index (χ3v) is 4.96. The first-order valence-electron chi connectivity index (χ1n) is 10.9. The average Bonchev–Trinajstić information content (AvgIpc) is 3.31. The van der Waals surface area contributed by atoms with E-state index in [9.17, 15) is 38.7 Å². The molecule has 0 bridgehead atoms. The maximum Gasteiger partial charge on any atom is 0.326 e. The smallest absolute Gasteiger partial charge is 0.326 e. The summed E-state index contributed by atoms with van der Waals surface area (Å²) >= 11 is 0. The number of primary amides is 2. The van der Waals surface area contributed by atoms with Crippen LogP contribution in [0.2, 0.25) is 0 Å². The highest BCUT2D eigenvalue weighted by atomic mass is 16.4. The molecular weight excluding hydrogens is 496 g/mol. The molecule has 0 aliphatic heterocycles. The molecule has 0 aliphatic carbocycles. The molecule has 0 spiro atoms. The number of aromatic nitrogens is 2. The number of H-pyrrole nitrogens is 1. The summed E-state index contributed by atoms with van der Waals surface area (Å²) in [5.74, 6) is -7.50. The number of carbonyl (C=O) groups excluding carboxylic acids is 5. The highest BCUT2D eigenvalue weighted by Crippen LogP contribution is 2.05. The number of imidazole rings is 1. The molecule has 1 aromatic heterocycles. The molecule has 5 amide bonds. The molecule has 1 rings (SSSR count). The van der Waals surface area contributed by atoms with Gasteiger partial charge in [-0.15, -0.1) is 0 Å². The SMILES string of the molecule is NC(=O)CCC(N)C(=O)NC(CC(=O)O)C(=O)NC(CCC(N)=O)C(=O)NC(Cc1cnc[nH]1)C(=O)O. The number of carbonyl (C=O) groups is 7. The number of carboxylic acid groups (broad SMARTS) is 2. The Labute approximate surface area is 209 Å². The van der Waals surface area contributed by atoms with E-state index in [1.807, 2.05) is 0 Å². The summed E-state index contributed by atoms with van der Waals surface area (Å²) < 4.78 is 0. The highest BCUT2D eigenvalue weighted by molar-refractivity contribution is 5.96. The van der Waals surface area contributed by atoms with Crippen molar-refractivity contribution in [1.29, 1.82) is 0 Å². The summed E-state index contributed by atoms with van der Waals surface area (Å²) in [6.07, 6.45) is 0.437. The van der Waals surface area contributed by atoms with Gasteiger partial charge < -0.3 is 48.3 Å². The summed E-state index contributed by atoms with van der Waals surface area (Å²) in [5.41, 5.74) is 16.1. The van der Waals surface area contributed by atoms with Crippen LogP contribution < -0.4 is 33.2 Å². The number of nitrogens with one attached hydrogen (secondary N) is 4. The fourth-order valence-corrected chi connectivity index (χ4v) is 3.01. The van der Waals surface area contributed by atoms with E-state index in [0.717, 1.165) is 0 Å². The topological polar surface area (TPSA) is 303 Å². The van der Waals surface area contributed by atoms with Gasteiger partial charge in [-0.1, -0.05) is 0 Å². The predicted octanol–water partition coefficient (Wildman–Crippen LogP) is -4.18. The van der Waals surface area contributed by atoms with Gasteiger partial charge in [0.15, 0.2) is 0 Å². The fraction of sp³-hybridized carbons (Fsp3) is 0.500. The fourth-order valence-electron chi connectivity index (χ4n) is 3.01. The van der Waals surface area contributed by atoms with Crippen molar-refractivity contribution in [1.82, 2.24) is 25.9 Å². The first-order valence-corrected chi connectivity index (χ1v) is 10.9. The molecule has 1 aromatic rings. The van der Waals surface area contributed by atoms with Crippen molar-refractivity contribution in [2.45, 2.75) is 62.7 Å². The first kappa shape index (κ1) is 30.5.